The first-order chi connectivity index (χ1) is 38.3. The maximum absolute atomic E-state index is 13.1. The van der Waals surface area contributed by atoms with Gasteiger partial charge in [0.15, 0.2) is 0 Å². The molecule has 6 heterocycles. The number of para-hydroxylation sites is 2. The second-order valence-electron chi connectivity index (χ2n) is 18.9. The number of likely N-dealkylation sites (N-methyl/N-ethyl adjacent to an activating group) is 1. The molecule has 3 amide bonds. The predicted octanol–water partition coefficient (Wildman–Crippen LogP) is 12.0. The summed E-state index contributed by atoms with van der Waals surface area (Å²) in [5.41, 5.74) is 7.96. The summed E-state index contributed by atoms with van der Waals surface area (Å²) in [4.78, 5) is 76.3. The molecule has 2 fully saturated rings. The van der Waals surface area contributed by atoms with Gasteiger partial charge in [-0.1, -0.05) is 99.8 Å². The Hall–Kier alpha value is -7.45. The smallest absolute Gasteiger partial charge is 0.246 e. The van der Waals surface area contributed by atoms with Gasteiger partial charge in [0.05, 0.1) is 45.7 Å². The summed E-state index contributed by atoms with van der Waals surface area (Å²) in [6.07, 6.45) is 16.8. The van der Waals surface area contributed by atoms with E-state index in [0.717, 1.165) is 88.8 Å². The van der Waals surface area contributed by atoms with Crippen LogP contribution < -0.4 is 26.6 Å². The van der Waals surface area contributed by atoms with Crippen molar-refractivity contribution in [1.29, 1.82) is 0 Å². The van der Waals surface area contributed by atoms with Gasteiger partial charge in [0.2, 0.25) is 34.9 Å². The highest BCUT2D eigenvalue weighted by molar-refractivity contribution is 9.09. The fourth-order valence-electron chi connectivity index (χ4n) is 8.94. The first-order valence-electron chi connectivity index (χ1n) is 25.6. The second-order valence-corrected chi connectivity index (χ2v) is 20.7. The van der Waals surface area contributed by atoms with Crippen molar-refractivity contribution in [2.45, 2.75) is 25.7 Å². The number of rotatable bonds is 15. The van der Waals surface area contributed by atoms with Crippen LogP contribution in [0.25, 0.3) is 44.3 Å². The van der Waals surface area contributed by atoms with E-state index in [4.69, 9.17) is 34.8 Å². The number of aromatic amines is 2. The highest BCUT2D eigenvalue weighted by atomic mass is 79.9. The van der Waals surface area contributed by atoms with Crippen molar-refractivity contribution in [2.24, 2.45) is 11.8 Å². The van der Waals surface area contributed by atoms with Gasteiger partial charge in [-0.3, -0.25) is 19.2 Å². The molecule has 21 heteroatoms. The molecule has 0 spiro atoms. The zero-order chi connectivity index (χ0) is 55.7. The SMILES string of the molecule is CN(C)C/C=C/C(=O)N1CCC[C@@H](C(=O)Nc2cccc(Nc3ncc(Cl)c(-c4c[nH]c5ccccc45)n3)c2)C1.O=C(Cl)/C=C/CBr.O=C(Nc1cccc(Nc2ncc(Cl)c(-c3c[nH]c4ccccc34)n2)c1)[C@@H]1CCCNC1. The van der Waals surface area contributed by atoms with Gasteiger partial charge in [0, 0.05) is 106 Å². The molecule has 79 heavy (non-hydrogen) atoms. The molecule has 0 bridgehead atoms. The Balaban J connectivity index is 0.000000189. The minimum Gasteiger partial charge on any atom is -0.360 e. The van der Waals surface area contributed by atoms with Gasteiger partial charge in [-0.25, -0.2) is 19.9 Å². The lowest BCUT2D eigenvalue weighted by Gasteiger charge is -2.31. The number of H-pyrrole nitrogens is 2. The normalized spacial score (nSPS) is 15.3. The van der Waals surface area contributed by atoms with Crippen molar-refractivity contribution in [3.63, 3.8) is 0 Å². The van der Waals surface area contributed by atoms with Crippen LogP contribution in [-0.4, -0.2) is 115 Å². The quantitative estimate of drug-likeness (QED) is 0.0290. The molecule has 2 atom stereocenters. The molecule has 8 aromatic rings. The van der Waals surface area contributed by atoms with Crippen LogP contribution in [0.4, 0.5) is 34.6 Å². The standard InChI is InChI=1S/C30H32ClN7O2.C24H23ClN6O.C4H4BrClO/c1-37(2)14-7-13-27(39)38-15-6-8-20(19-38)29(40)34-21-9-5-10-22(16-21)35-30-33-18-25(31)28(36-30)24-17-32-26-12-4-3-11-23(24)26;25-20-14-28-24(31-22(20)19-13-27-21-9-2-1-8-18(19)21)30-17-7-3-6-16(11-17)29-23(32)15-5-4-10-26-12-15;5-3-1-2-4(6)7/h3-5,7,9-13,16-18,20,32H,6,8,14-15,19H2,1-2H3,(H,34,40)(H,33,35,36);1-3,6-9,11,13-15,26-27H,4-5,10,12H2,(H,29,32)(H,28,30,31);1-2H,3H2/b13-7+;;2-1+/t20-;15-;/m11./s1. The van der Waals surface area contributed by atoms with E-state index in [9.17, 15) is 19.2 Å². The van der Waals surface area contributed by atoms with Gasteiger partial charge in [-0.05, 0) is 113 Å². The largest absolute Gasteiger partial charge is 0.360 e. The van der Waals surface area contributed by atoms with Crippen molar-refractivity contribution in [2.75, 3.05) is 73.4 Å². The lowest BCUT2D eigenvalue weighted by Crippen LogP contribution is -2.43. The Labute approximate surface area is 481 Å². The Bertz CT molecular complexity index is 3470. The van der Waals surface area contributed by atoms with E-state index in [1.54, 1.807) is 29.4 Å². The van der Waals surface area contributed by atoms with Crippen molar-refractivity contribution < 1.29 is 19.2 Å². The van der Waals surface area contributed by atoms with Crippen molar-refractivity contribution in [3.05, 3.63) is 156 Å². The van der Waals surface area contributed by atoms with E-state index in [1.807, 2.05) is 135 Å². The maximum Gasteiger partial charge on any atom is 0.246 e. The van der Waals surface area contributed by atoms with Gasteiger partial charge in [0.1, 0.15) is 0 Å². The van der Waals surface area contributed by atoms with Gasteiger partial charge in [0.25, 0.3) is 0 Å². The maximum atomic E-state index is 13.1. The zero-order valence-electron chi connectivity index (χ0n) is 43.4. The third kappa shape index (κ3) is 16.3. The Morgan fingerprint density at radius 3 is 1.73 bits per heavy atom. The van der Waals surface area contributed by atoms with Crippen molar-refractivity contribution >= 4 is 130 Å². The number of alkyl halides is 1. The van der Waals surface area contributed by atoms with Gasteiger partial charge in [-0.15, -0.1) is 0 Å². The molecule has 10 rings (SSSR count). The lowest BCUT2D eigenvalue weighted by atomic mass is 9.97. The molecule has 0 aliphatic carbocycles. The van der Waals surface area contributed by atoms with Crippen LogP contribution in [0.5, 0.6) is 0 Å². The highest BCUT2D eigenvalue weighted by Crippen LogP contribution is 2.35. The predicted molar refractivity (Wildman–Crippen MR) is 322 cm³/mol. The van der Waals surface area contributed by atoms with Crippen LogP contribution in [-0.2, 0) is 19.2 Å². The number of allylic oxidation sites excluding steroid dienone is 2. The number of carbonyl (C=O) groups is 4. The monoisotopic (exact) mass is 1190 g/mol. The molecular weight excluding hydrogens is 1130 g/mol. The number of fused-ring (bicyclic) bond motifs is 2. The van der Waals surface area contributed by atoms with E-state index in [2.05, 4.69) is 72.4 Å². The number of anilines is 6. The summed E-state index contributed by atoms with van der Waals surface area (Å²) in [7, 11) is 3.90. The summed E-state index contributed by atoms with van der Waals surface area (Å²) in [5.74, 6) is 0.427. The summed E-state index contributed by atoms with van der Waals surface area (Å²) < 4.78 is 0. The van der Waals surface area contributed by atoms with Crippen LogP contribution in [0.2, 0.25) is 10.0 Å². The number of hydrogen-bond donors (Lipinski definition) is 7. The molecule has 0 saturated carbocycles. The van der Waals surface area contributed by atoms with E-state index in [-0.39, 0.29) is 29.6 Å². The lowest BCUT2D eigenvalue weighted by molar-refractivity contribution is -0.130. The molecule has 7 N–H and O–H groups in total. The number of carbonyl (C=O) groups excluding carboxylic acids is 4. The second kappa shape index (κ2) is 28.4. The third-order valence-corrected chi connectivity index (χ3v) is 13.8. The summed E-state index contributed by atoms with van der Waals surface area (Å²) in [6.45, 7) is 3.46. The number of likely N-dealkylation sites (tertiary alicyclic amines) is 1. The van der Waals surface area contributed by atoms with E-state index in [1.165, 1.54) is 6.08 Å². The van der Waals surface area contributed by atoms with Crippen LogP contribution in [0.15, 0.2) is 146 Å². The van der Waals surface area contributed by atoms with Crippen LogP contribution in [0, 0.1) is 11.8 Å². The van der Waals surface area contributed by atoms with Gasteiger partial charge < -0.3 is 46.4 Å². The summed E-state index contributed by atoms with van der Waals surface area (Å²) >= 11 is 20.9. The van der Waals surface area contributed by atoms with Crippen molar-refractivity contribution in [3.8, 4) is 22.5 Å². The van der Waals surface area contributed by atoms with Gasteiger partial charge >= 0.3 is 0 Å². The third-order valence-electron chi connectivity index (χ3n) is 12.8. The zero-order valence-corrected chi connectivity index (χ0v) is 47.3. The molecule has 4 aromatic carbocycles. The summed E-state index contributed by atoms with van der Waals surface area (Å²) in [5, 5.41) is 19.0. The fraction of sp³-hybridized carbons (Fsp3) is 0.241. The molecule has 2 aliphatic heterocycles. The summed E-state index contributed by atoms with van der Waals surface area (Å²) in [6, 6.07) is 30.9. The molecule has 2 saturated heterocycles. The number of nitrogens with one attached hydrogen (secondary N) is 7. The Kier molecular flexibility index (Phi) is 20.8. The molecule has 2 aliphatic rings. The number of piperidine rings is 2. The van der Waals surface area contributed by atoms with E-state index < -0.39 is 5.24 Å². The number of halogens is 4. The number of nitrogens with zero attached hydrogens (tertiary/aromatic N) is 6. The average Bonchev–Trinajstić information content (AvgIpc) is 4.17. The molecular formula is C58H59BrCl3N13O4. The Morgan fingerprint density at radius 2 is 1.23 bits per heavy atom. The van der Waals surface area contributed by atoms with Crippen LogP contribution in [0.3, 0.4) is 0 Å². The first-order valence-corrected chi connectivity index (χ1v) is 27.8. The first kappa shape index (κ1) is 57.7. The van der Waals surface area contributed by atoms with E-state index in [0.29, 0.717) is 64.0 Å². The van der Waals surface area contributed by atoms with Crippen LogP contribution >= 0.6 is 50.7 Å². The number of amides is 3. The minimum absolute atomic E-state index is 0.00121. The topological polar surface area (TPSA) is 218 Å². The number of aromatic nitrogens is 6. The fourth-order valence-corrected chi connectivity index (χ4v) is 9.60. The van der Waals surface area contributed by atoms with E-state index >= 15 is 0 Å². The van der Waals surface area contributed by atoms with Crippen LogP contribution in [0.1, 0.15) is 25.7 Å². The minimum atomic E-state index is -0.431. The molecule has 4 aromatic heterocycles. The van der Waals surface area contributed by atoms with Gasteiger partial charge in [-0.2, -0.15) is 0 Å². The highest BCUT2D eigenvalue weighted by Gasteiger charge is 2.28. The molecule has 408 valence electrons. The number of hydrogen-bond acceptors (Lipinski definition) is 12. The Morgan fingerprint density at radius 1 is 0.696 bits per heavy atom. The molecule has 0 unspecified atom stereocenters. The van der Waals surface area contributed by atoms with Crippen molar-refractivity contribution in [1.82, 2.24) is 45.0 Å². The average molecular weight is 1190 g/mol. The molecule has 0 radical (unpaired) electrons. The number of benzene rings is 4. The molecule has 17 nitrogen and oxygen atoms in total.